The van der Waals surface area contributed by atoms with Crippen LogP contribution in [-0.2, 0) is 9.84 Å². The Morgan fingerprint density at radius 3 is 2.58 bits per heavy atom. The zero-order chi connectivity index (χ0) is 24.9. The first kappa shape index (κ1) is 22.4. The Kier molecular flexibility index (Phi) is 5.33. The third kappa shape index (κ3) is 4.03. The van der Waals surface area contributed by atoms with E-state index in [4.69, 9.17) is 4.98 Å². The first-order valence-electron chi connectivity index (χ1n) is 11.8. The number of H-pyrrole nitrogens is 2. The number of carbonyl (C=O) groups excluding carboxylic acids is 1. The van der Waals surface area contributed by atoms with E-state index in [0.29, 0.717) is 28.5 Å². The molecule has 4 aromatic rings. The number of carbonyl (C=O) groups is 1. The van der Waals surface area contributed by atoms with Crippen molar-refractivity contribution in [3.05, 3.63) is 81.5 Å². The summed E-state index contributed by atoms with van der Waals surface area (Å²) in [5, 5.41) is 11.8. The molecule has 2 aromatic carbocycles. The van der Waals surface area contributed by atoms with E-state index in [1.54, 1.807) is 6.07 Å². The summed E-state index contributed by atoms with van der Waals surface area (Å²) in [5.41, 5.74) is 2.69. The summed E-state index contributed by atoms with van der Waals surface area (Å²) in [6.45, 7) is 0. The molecule has 182 valence electrons. The second-order valence-electron chi connectivity index (χ2n) is 9.25. The van der Waals surface area contributed by atoms with Crippen molar-refractivity contribution >= 4 is 26.6 Å². The standard InChI is InChI=1S/C26H23N5O4S/c32-25(27-18-11-12-36(34,35)14-18)20-13-17-9-10-19(15-7-4-8-15)21(22(17)28-26(20)33)24-29-23(30-31-24)16-5-2-1-3-6-16/h1-3,5-6,9-13,15,18H,4,7-8,14H2,(H,27,32)(H,28,33)(H,29,30,31)/t18-/m1/s1. The highest BCUT2D eigenvalue weighted by molar-refractivity contribution is 7.94. The number of pyridine rings is 1. The van der Waals surface area contributed by atoms with E-state index in [0.717, 1.165) is 41.4 Å². The van der Waals surface area contributed by atoms with Gasteiger partial charge in [0.25, 0.3) is 11.5 Å². The molecule has 1 fully saturated rings. The van der Waals surface area contributed by atoms with Crippen molar-refractivity contribution in [2.45, 2.75) is 31.2 Å². The van der Waals surface area contributed by atoms with Gasteiger partial charge in [-0.25, -0.2) is 13.4 Å². The molecule has 0 bridgehead atoms. The van der Waals surface area contributed by atoms with Gasteiger partial charge in [0.2, 0.25) is 0 Å². The molecule has 36 heavy (non-hydrogen) atoms. The zero-order valence-corrected chi connectivity index (χ0v) is 20.0. The maximum atomic E-state index is 13.1. The SMILES string of the molecule is O=C(N[C@@H]1C=CS(=O)(=O)C1)c1cc2ccc(C3CCC3)c(-c3nc(-c4ccccc4)n[nH]3)c2[nH]c1=O. The van der Waals surface area contributed by atoms with Crippen LogP contribution in [0.5, 0.6) is 0 Å². The lowest BCUT2D eigenvalue weighted by molar-refractivity contribution is 0.0946. The molecule has 6 rings (SSSR count). The summed E-state index contributed by atoms with van der Waals surface area (Å²) in [4.78, 5) is 33.5. The van der Waals surface area contributed by atoms with Crippen LogP contribution in [0, 0.1) is 0 Å². The molecule has 1 aliphatic heterocycles. The first-order chi connectivity index (χ1) is 17.4. The molecule has 2 aromatic heterocycles. The van der Waals surface area contributed by atoms with Gasteiger partial charge in [-0.05, 0) is 41.9 Å². The van der Waals surface area contributed by atoms with Crippen molar-refractivity contribution in [3.8, 4) is 22.8 Å². The molecule has 3 heterocycles. The lowest BCUT2D eigenvalue weighted by Crippen LogP contribution is -2.38. The quantitative estimate of drug-likeness (QED) is 0.384. The third-order valence-electron chi connectivity index (χ3n) is 6.84. The molecule has 0 radical (unpaired) electrons. The summed E-state index contributed by atoms with van der Waals surface area (Å²) in [6, 6.07) is 14.4. The summed E-state index contributed by atoms with van der Waals surface area (Å²) < 4.78 is 23.3. The van der Waals surface area contributed by atoms with E-state index in [2.05, 4.69) is 20.5 Å². The van der Waals surface area contributed by atoms with Crippen LogP contribution < -0.4 is 10.9 Å². The number of hydrogen-bond acceptors (Lipinski definition) is 6. The number of nitrogens with one attached hydrogen (secondary N) is 3. The molecular weight excluding hydrogens is 478 g/mol. The highest BCUT2D eigenvalue weighted by atomic mass is 32.2. The monoisotopic (exact) mass is 501 g/mol. The van der Waals surface area contributed by atoms with E-state index in [1.165, 1.54) is 6.08 Å². The van der Waals surface area contributed by atoms with Gasteiger partial charge in [0, 0.05) is 16.5 Å². The summed E-state index contributed by atoms with van der Waals surface area (Å²) in [6.07, 6.45) is 4.68. The number of sulfone groups is 1. The smallest absolute Gasteiger partial charge is 0.261 e. The molecule has 1 saturated carbocycles. The molecular formula is C26H23N5O4S. The molecule has 9 nitrogen and oxygen atoms in total. The fraction of sp³-hybridized carbons (Fsp3) is 0.231. The molecule has 1 aliphatic carbocycles. The van der Waals surface area contributed by atoms with Crippen molar-refractivity contribution in [3.63, 3.8) is 0 Å². The summed E-state index contributed by atoms with van der Waals surface area (Å²) in [5.74, 6) is 0.627. The van der Waals surface area contributed by atoms with Crippen molar-refractivity contribution in [2.75, 3.05) is 5.75 Å². The van der Waals surface area contributed by atoms with E-state index in [1.807, 2.05) is 42.5 Å². The zero-order valence-electron chi connectivity index (χ0n) is 19.2. The minimum atomic E-state index is -3.33. The molecule has 0 saturated heterocycles. The van der Waals surface area contributed by atoms with Gasteiger partial charge in [-0.3, -0.25) is 14.7 Å². The van der Waals surface area contributed by atoms with Crippen LogP contribution in [-0.4, -0.2) is 46.3 Å². The van der Waals surface area contributed by atoms with Crippen molar-refractivity contribution < 1.29 is 13.2 Å². The maximum absolute atomic E-state index is 13.1. The normalized spacial score (nSPS) is 18.8. The average molecular weight is 502 g/mol. The number of amides is 1. The highest BCUT2D eigenvalue weighted by Gasteiger charge is 2.28. The lowest BCUT2D eigenvalue weighted by atomic mass is 9.77. The highest BCUT2D eigenvalue weighted by Crippen LogP contribution is 2.42. The Morgan fingerprint density at radius 1 is 1.08 bits per heavy atom. The molecule has 0 unspecified atom stereocenters. The molecule has 2 aliphatic rings. The fourth-order valence-electron chi connectivity index (χ4n) is 4.78. The van der Waals surface area contributed by atoms with Crippen molar-refractivity contribution in [2.24, 2.45) is 0 Å². The van der Waals surface area contributed by atoms with Crippen LogP contribution >= 0.6 is 0 Å². The molecule has 10 heteroatoms. The Hall–Kier alpha value is -4.05. The van der Waals surface area contributed by atoms with E-state index in [-0.39, 0.29) is 11.3 Å². The molecule has 0 spiro atoms. The first-order valence-corrected chi connectivity index (χ1v) is 13.5. The van der Waals surface area contributed by atoms with Crippen LogP contribution in [0.25, 0.3) is 33.7 Å². The Bertz CT molecular complexity index is 1680. The number of fused-ring (bicyclic) bond motifs is 1. The van der Waals surface area contributed by atoms with Crippen molar-refractivity contribution in [1.29, 1.82) is 0 Å². The van der Waals surface area contributed by atoms with Crippen LogP contribution in [0.1, 0.15) is 41.1 Å². The van der Waals surface area contributed by atoms with Crippen LogP contribution in [0.15, 0.2) is 64.8 Å². The van der Waals surface area contributed by atoms with Crippen LogP contribution in [0.3, 0.4) is 0 Å². The van der Waals surface area contributed by atoms with Gasteiger partial charge < -0.3 is 10.3 Å². The molecule has 1 atom stereocenters. The third-order valence-corrected chi connectivity index (χ3v) is 8.24. The number of aromatic nitrogens is 4. The molecule has 3 N–H and O–H groups in total. The van der Waals surface area contributed by atoms with Gasteiger partial charge in [0.1, 0.15) is 5.56 Å². The van der Waals surface area contributed by atoms with Gasteiger partial charge in [0.15, 0.2) is 21.5 Å². The minimum absolute atomic E-state index is 0.0786. The Labute approximate surface area is 206 Å². The van der Waals surface area contributed by atoms with E-state index < -0.39 is 27.3 Å². The number of benzene rings is 2. The topological polar surface area (TPSA) is 138 Å². The fourth-order valence-corrected chi connectivity index (χ4v) is 6.01. The van der Waals surface area contributed by atoms with E-state index >= 15 is 0 Å². The number of aromatic amines is 2. The van der Waals surface area contributed by atoms with Crippen LogP contribution in [0.2, 0.25) is 0 Å². The average Bonchev–Trinajstić information content (AvgIpc) is 3.44. The predicted octanol–water partition coefficient (Wildman–Crippen LogP) is 3.29. The predicted molar refractivity (Wildman–Crippen MR) is 136 cm³/mol. The van der Waals surface area contributed by atoms with E-state index in [9.17, 15) is 18.0 Å². The molecule has 1 amide bonds. The van der Waals surface area contributed by atoms with Gasteiger partial charge in [-0.2, -0.15) is 5.10 Å². The van der Waals surface area contributed by atoms with Gasteiger partial charge in [-0.15, -0.1) is 0 Å². The Balaban J connectivity index is 1.43. The maximum Gasteiger partial charge on any atom is 0.261 e. The minimum Gasteiger partial charge on any atom is -0.345 e. The lowest BCUT2D eigenvalue weighted by Gasteiger charge is -2.28. The second-order valence-corrected chi connectivity index (χ2v) is 11.2. The van der Waals surface area contributed by atoms with Gasteiger partial charge in [0.05, 0.1) is 17.3 Å². The second kappa shape index (κ2) is 8.56. The number of nitrogens with zero attached hydrogens (tertiary/aromatic N) is 2. The van der Waals surface area contributed by atoms with Gasteiger partial charge in [-0.1, -0.05) is 48.9 Å². The van der Waals surface area contributed by atoms with Gasteiger partial charge >= 0.3 is 0 Å². The Morgan fingerprint density at radius 2 is 1.89 bits per heavy atom. The summed E-state index contributed by atoms with van der Waals surface area (Å²) in [7, 11) is -3.33. The van der Waals surface area contributed by atoms with Crippen molar-refractivity contribution in [1.82, 2.24) is 25.5 Å². The van der Waals surface area contributed by atoms with Crippen LogP contribution in [0.4, 0.5) is 0 Å². The number of rotatable bonds is 5. The largest absolute Gasteiger partial charge is 0.345 e. The number of hydrogen-bond donors (Lipinski definition) is 3. The summed E-state index contributed by atoms with van der Waals surface area (Å²) >= 11 is 0.